The minimum Gasteiger partial charge on any atom is -0.457 e. The zero-order chi connectivity index (χ0) is 19.9. The van der Waals surface area contributed by atoms with Gasteiger partial charge in [-0.15, -0.1) is 24.8 Å². The van der Waals surface area contributed by atoms with E-state index in [-0.39, 0.29) is 24.8 Å². The molecule has 164 valence electrons. The van der Waals surface area contributed by atoms with Crippen molar-refractivity contribution >= 4 is 70.6 Å². The second-order valence-electron chi connectivity index (χ2n) is 7.45. The van der Waals surface area contributed by atoms with Crippen LogP contribution < -0.4 is 10.6 Å². The summed E-state index contributed by atoms with van der Waals surface area (Å²) in [5.41, 5.74) is 3.89. The van der Waals surface area contributed by atoms with Gasteiger partial charge in [-0.1, -0.05) is 0 Å². The number of benzene rings is 2. The maximum atomic E-state index is 5.96. The number of hydrogen-bond donors (Lipinski definition) is 2. The lowest BCUT2D eigenvalue weighted by Crippen LogP contribution is -2.19. The lowest BCUT2D eigenvalue weighted by molar-refractivity contribution is 0.599. The summed E-state index contributed by atoms with van der Waals surface area (Å²) in [6, 6.07) is 16.4. The highest BCUT2D eigenvalue weighted by Crippen LogP contribution is 2.25. The molecule has 6 rings (SSSR count). The first kappa shape index (κ1) is 22.0. The molecule has 0 saturated heterocycles. The average Bonchev–Trinajstić information content (AvgIpc) is 3.56. The summed E-state index contributed by atoms with van der Waals surface area (Å²) < 4.78 is 11.9. The first-order chi connectivity index (χ1) is 14.8. The SMILES string of the molecule is C(=C\c1cc2cc(C3=NCCN3)ccc2o1)/c1cc2cc(C3=NCCN3)ccc2o1.Cl.Cl. The van der Waals surface area contributed by atoms with E-state index in [1.54, 1.807) is 0 Å². The number of halogens is 2. The Labute approximate surface area is 197 Å². The molecule has 0 bridgehead atoms. The number of amidine groups is 2. The van der Waals surface area contributed by atoms with Crippen molar-refractivity contribution in [2.75, 3.05) is 26.2 Å². The van der Waals surface area contributed by atoms with Crippen molar-refractivity contribution in [3.63, 3.8) is 0 Å². The molecule has 6 nitrogen and oxygen atoms in total. The van der Waals surface area contributed by atoms with Crippen LogP contribution in [-0.4, -0.2) is 37.9 Å². The molecule has 0 saturated carbocycles. The van der Waals surface area contributed by atoms with Crippen LogP contribution in [0.15, 0.2) is 67.4 Å². The Bertz CT molecular complexity index is 1260. The van der Waals surface area contributed by atoms with Gasteiger partial charge in [0.15, 0.2) is 0 Å². The van der Waals surface area contributed by atoms with Crippen LogP contribution in [0.2, 0.25) is 0 Å². The van der Waals surface area contributed by atoms with Gasteiger partial charge in [0, 0.05) is 35.0 Å². The molecule has 0 unspecified atom stereocenters. The van der Waals surface area contributed by atoms with Crippen LogP contribution in [-0.2, 0) is 0 Å². The molecule has 0 amide bonds. The molecular weight excluding hydrogens is 447 g/mol. The smallest absolute Gasteiger partial charge is 0.134 e. The summed E-state index contributed by atoms with van der Waals surface area (Å²) in [7, 11) is 0. The predicted molar refractivity (Wildman–Crippen MR) is 135 cm³/mol. The van der Waals surface area contributed by atoms with Gasteiger partial charge in [-0.25, -0.2) is 0 Å². The molecule has 32 heavy (non-hydrogen) atoms. The van der Waals surface area contributed by atoms with Crippen molar-refractivity contribution in [2.45, 2.75) is 0 Å². The summed E-state index contributed by atoms with van der Waals surface area (Å²) in [5.74, 6) is 3.48. The van der Waals surface area contributed by atoms with Crippen molar-refractivity contribution in [2.24, 2.45) is 9.98 Å². The largest absolute Gasteiger partial charge is 0.457 e. The summed E-state index contributed by atoms with van der Waals surface area (Å²) in [6.07, 6.45) is 3.87. The summed E-state index contributed by atoms with van der Waals surface area (Å²) in [5, 5.41) is 8.73. The Morgan fingerprint density at radius 3 is 1.53 bits per heavy atom. The van der Waals surface area contributed by atoms with Crippen LogP contribution in [0.25, 0.3) is 34.1 Å². The van der Waals surface area contributed by atoms with Crippen molar-refractivity contribution < 1.29 is 8.83 Å². The fraction of sp³-hybridized carbons (Fsp3) is 0.167. The molecule has 8 heteroatoms. The van der Waals surface area contributed by atoms with Crippen LogP contribution >= 0.6 is 24.8 Å². The Kier molecular flexibility index (Phi) is 6.26. The highest BCUT2D eigenvalue weighted by Gasteiger charge is 2.11. The molecule has 0 fully saturated rings. The normalized spacial score (nSPS) is 15.2. The Morgan fingerprint density at radius 2 is 1.12 bits per heavy atom. The number of aliphatic imine (C=N–C) groups is 2. The highest BCUT2D eigenvalue weighted by molar-refractivity contribution is 6.03. The van der Waals surface area contributed by atoms with Gasteiger partial charge < -0.3 is 19.5 Å². The molecule has 4 heterocycles. The topological polar surface area (TPSA) is 75.1 Å². The van der Waals surface area contributed by atoms with Gasteiger partial charge in [-0.2, -0.15) is 0 Å². The van der Waals surface area contributed by atoms with Crippen LogP contribution in [0.3, 0.4) is 0 Å². The van der Waals surface area contributed by atoms with E-state index in [9.17, 15) is 0 Å². The van der Waals surface area contributed by atoms with Crippen molar-refractivity contribution in [1.29, 1.82) is 0 Å². The van der Waals surface area contributed by atoms with Crippen LogP contribution in [0.4, 0.5) is 0 Å². The van der Waals surface area contributed by atoms with Crippen LogP contribution in [0.5, 0.6) is 0 Å². The third kappa shape index (κ3) is 4.11. The molecule has 2 N–H and O–H groups in total. The molecule has 2 aliphatic rings. The van der Waals surface area contributed by atoms with E-state index < -0.39 is 0 Å². The standard InChI is InChI=1S/C24H20N4O2.2ClH/c1-5-21-17(11-15(1)23-25-7-8-26-23)13-19(29-21)3-4-20-14-18-12-16(2-6-22(18)30-20)24-27-9-10-28-24;;/h1-6,11-14H,7-10H2,(H,25,26)(H,27,28);2*1H/b4-3+;;. The minimum absolute atomic E-state index is 0. The Hall–Kier alpha value is -3.22. The number of hydrogen-bond acceptors (Lipinski definition) is 6. The van der Waals surface area contributed by atoms with Crippen molar-refractivity contribution in [3.8, 4) is 0 Å². The van der Waals surface area contributed by atoms with E-state index in [4.69, 9.17) is 8.83 Å². The zero-order valence-corrected chi connectivity index (χ0v) is 18.8. The van der Waals surface area contributed by atoms with Crippen molar-refractivity contribution in [1.82, 2.24) is 10.6 Å². The molecule has 0 aliphatic carbocycles. The second-order valence-corrected chi connectivity index (χ2v) is 7.45. The molecule has 0 radical (unpaired) electrons. The van der Waals surface area contributed by atoms with Gasteiger partial charge in [-0.05, 0) is 60.7 Å². The number of furan rings is 2. The Balaban J connectivity index is 0.00000122. The van der Waals surface area contributed by atoms with Crippen LogP contribution in [0, 0.1) is 0 Å². The fourth-order valence-electron chi connectivity index (χ4n) is 3.93. The summed E-state index contributed by atoms with van der Waals surface area (Å²) >= 11 is 0. The van der Waals surface area contributed by atoms with Gasteiger partial charge >= 0.3 is 0 Å². The third-order valence-corrected chi connectivity index (χ3v) is 5.38. The maximum absolute atomic E-state index is 5.96. The zero-order valence-electron chi connectivity index (χ0n) is 17.1. The second kappa shape index (κ2) is 9.10. The molecule has 4 aromatic rings. The highest BCUT2D eigenvalue weighted by atomic mass is 35.5. The van der Waals surface area contributed by atoms with Gasteiger partial charge in [-0.3, -0.25) is 9.98 Å². The van der Waals surface area contributed by atoms with Gasteiger partial charge in [0.2, 0.25) is 0 Å². The first-order valence-electron chi connectivity index (χ1n) is 10.1. The van der Waals surface area contributed by atoms with E-state index in [1.165, 1.54) is 0 Å². The number of nitrogens with zero attached hydrogens (tertiary/aromatic N) is 2. The average molecular weight is 469 g/mol. The van der Waals surface area contributed by atoms with E-state index in [0.29, 0.717) is 0 Å². The third-order valence-electron chi connectivity index (χ3n) is 5.38. The monoisotopic (exact) mass is 468 g/mol. The van der Waals surface area contributed by atoms with Gasteiger partial charge in [0.05, 0.1) is 13.1 Å². The lowest BCUT2D eigenvalue weighted by Gasteiger charge is -2.01. The van der Waals surface area contributed by atoms with E-state index in [1.807, 2.05) is 48.6 Å². The maximum Gasteiger partial charge on any atom is 0.134 e. The van der Waals surface area contributed by atoms with Gasteiger partial charge in [0.25, 0.3) is 0 Å². The summed E-state index contributed by atoms with van der Waals surface area (Å²) in [4.78, 5) is 8.97. The number of rotatable bonds is 4. The molecule has 2 aromatic carbocycles. The molecule has 2 aliphatic heterocycles. The molecule has 0 atom stereocenters. The van der Waals surface area contributed by atoms with E-state index >= 15 is 0 Å². The molecular formula is C24H22Cl2N4O2. The van der Waals surface area contributed by atoms with E-state index in [0.717, 1.165) is 82.4 Å². The number of nitrogens with one attached hydrogen (secondary N) is 2. The first-order valence-corrected chi connectivity index (χ1v) is 10.1. The van der Waals surface area contributed by atoms with Gasteiger partial charge in [0.1, 0.15) is 34.4 Å². The lowest BCUT2D eigenvalue weighted by atomic mass is 10.1. The fourth-order valence-corrected chi connectivity index (χ4v) is 3.93. The number of fused-ring (bicyclic) bond motifs is 2. The molecule has 0 spiro atoms. The Morgan fingerprint density at radius 1 is 0.656 bits per heavy atom. The summed E-state index contributed by atoms with van der Waals surface area (Å²) in [6.45, 7) is 3.46. The molecule has 2 aromatic heterocycles. The van der Waals surface area contributed by atoms with Crippen LogP contribution in [0.1, 0.15) is 22.6 Å². The van der Waals surface area contributed by atoms with E-state index in [2.05, 4.69) is 32.8 Å². The predicted octanol–water partition coefficient (Wildman–Crippen LogP) is 4.89. The minimum atomic E-state index is 0. The van der Waals surface area contributed by atoms with Crippen molar-refractivity contribution in [3.05, 3.63) is 71.2 Å². The quantitative estimate of drug-likeness (QED) is 0.446.